The lowest BCUT2D eigenvalue weighted by molar-refractivity contribution is -0.118. The van der Waals surface area contributed by atoms with Crippen LogP contribution in [-0.2, 0) is 17.6 Å². The minimum absolute atomic E-state index is 0.120. The molecule has 5 rings (SSSR count). The van der Waals surface area contributed by atoms with Crippen molar-refractivity contribution in [2.75, 3.05) is 18.7 Å². The largest absolute Gasteiger partial charge is 0.467 e. The normalized spacial score (nSPS) is 14.8. The van der Waals surface area contributed by atoms with Crippen molar-refractivity contribution < 1.29 is 19.0 Å². The number of carbonyl (C=O) groups excluding carboxylic acids is 1. The Bertz CT molecular complexity index is 1030. The average Bonchev–Trinajstić information content (AvgIpc) is 3.30. The number of hydrogen-bond donors (Lipinski definition) is 1. The molecule has 1 aliphatic heterocycles. The molecule has 2 aromatic heterocycles. The summed E-state index contributed by atoms with van der Waals surface area (Å²) in [5.74, 6) is 1.52. The predicted molar refractivity (Wildman–Crippen MR) is 101 cm³/mol. The van der Waals surface area contributed by atoms with E-state index >= 15 is 0 Å². The molecule has 0 unspecified atom stereocenters. The Morgan fingerprint density at radius 2 is 2.07 bits per heavy atom. The zero-order valence-corrected chi connectivity index (χ0v) is 15.3. The van der Waals surface area contributed by atoms with Gasteiger partial charge >= 0.3 is 0 Å². The zero-order chi connectivity index (χ0) is 18.2. The molecule has 0 saturated carbocycles. The van der Waals surface area contributed by atoms with Gasteiger partial charge < -0.3 is 19.5 Å². The van der Waals surface area contributed by atoms with Crippen LogP contribution in [0.3, 0.4) is 0 Å². The fourth-order valence-corrected chi connectivity index (χ4v) is 4.70. The Morgan fingerprint density at radius 1 is 1.19 bits per heavy atom. The molecular weight excluding hydrogens is 366 g/mol. The number of hydrogen-bond acceptors (Lipinski definition) is 7. The first kappa shape index (κ1) is 16.3. The van der Waals surface area contributed by atoms with Gasteiger partial charge in [0.15, 0.2) is 18.1 Å². The number of thiophene rings is 1. The molecule has 1 N–H and O–H groups in total. The van der Waals surface area contributed by atoms with Crippen LogP contribution >= 0.6 is 11.3 Å². The Kier molecular flexibility index (Phi) is 4.05. The van der Waals surface area contributed by atoms with Crippen LogP contribution in [0.1, 0.15) is 23.3 Å². The number of fused-ring (bicyclic) bond motifs is 4. The molecule has 0 spiro atoms. The molecular formula is C19H17N3O4S. The van der Waals surface area contributed by atoms with E-state index in [1.165, 1.54) is 23.2 Å². The second-order valence-electron chi connectivity index (χ2n) is 6.47. The van der Waals surface area contributed by atoms with Gasteiger partial charge in [-0.1, -0.05) is 0 Å². The van der Waals surface area contributed by atoms with Gasteiger partial charge in [0, 0.05) is 16.6 Å². The second-order valence-corrected chi connectivity index (χ2v) is 7.56. The lowest BCUT2D eigenvalue weighted by Crippen LogP contribution is -2.20. The van der Waals surface area contributed by atoms with Gasteiger partial charge in [0.2, 0.25) is 12.7 Å². The summed E-state index contributed by atoms with van der Waals surface area (Å²) in [4.78, 5) is 23.2. The highest BCUT2D eigenvalue weighted by atomic mass is 32.1. The van der Waals surface area contributed by atoms with E-state index in [0.717, 1.165) is 29.5 Å². The predicted octanol–water partition coefficient (Wildman–Crippen LogP) is 3.32. The van der Waals surface area contributed by atoms with E-state index in [2.05, 4.69) is 15.3 Å². The maximum absolute atomic E-state index is 12.3. The Balaban J connectivity index is 1.31. The first-order valence-corrected chi connectivity index (χ1v) is 9.67. The highest BCUT2D eigenvalue weighted by Gasteiger charge is 2.21. The van der Waals surface area contributed by atoms with Crippen LogP contribution in [0.5, 0.6) is 17.4 Å². The van der Waals surface area contributed by atoms with Crippen molar-refractivity contribution in [3.8, 4) is 17.4 Å². The van der Waals surface area contributed by atoms with Crippen LogP contribution in [0.15, 0.2) is 24.5 Å². The molecule has 2 aliphatic rings. The molecule has 1 aromatic carbocycles. The van der Waals surface area contributed by atoms with Gasteiger partial charge in [-0.3, -0.25) is 4.79 Å². The first-order valence-electron chi connectivity index (χ1n) is 8.85. The van der Waals surface area contributed by atoms with Crippen molar-refractivity contribution in [3.63, 3.8) is 0 Å². The number of rotatable bonds is 4. The highest BCUT2D eigenvalue weighted by Crippen LogP contribution is 2.39. The van der Waals surface area contributed by atoms with Crippen LogP contribution in [0.4, 0.5) is 5.69 Å². The Hall–Kier alpha value is -2.87. The number of amides is 1. The smallest absolute Gasteiger partial charge is 0.262 e. The lowest BCUT2D eigenvalue weighted by Gasteiger charge is -2.12. The van der Waals surface area contributed by atoms with Crippen LogP contribution in [0.2, 0.25) is 0 Å². The quantitative estimate of drug-likeness (QED) is 0.744. The van der Waals surface area contributed by atoms with Crippen LogP contribution in [0, 0.1) is 0 Å². The summed E-state index contributed by atoms with van der Waals surface area (Å²) in [5.41, 5.74) is 1.92. The van der Waals surface area contributed by atoms with Crippen molar-refractivity contribution >= 4 is 33.1 Å². The number of anilines is 1. The number of benzene rings is 1. The standard InChI is InChI=1S/C19H17N3O4S/c23-16(22-11-5-6-13-14(7-11)26-10-25-13)8-24-18-17-12-3-1-2-4-15(12)27-19(17)21-9-20-18/h5-7,9H,1-4,8,10H2,(H,22,23). The lowest BCUT2D eigenvalue weighted by atomic mass is 9.97. The van der Waals surface area contributed by atoms with Crippen molar-refractivity contribution in [1.82, 2.24) is 9.97 Å². The van der Waals surface area contributed by atoms with E-state index < -0.39 is 0 Å². The second kappa shape index (κ2) is 6.70. The van der Waals surface area contributed by atoms with Gasteiger partial charge in [-0.15, -0.1) is 11.3 Å². The van der Waals surface area contributed by atoms with Gasteiger partial charge in [0.1, 0.15) is 11.2 Å². The SMILES string of the molecule is O=C(COc1ncnc2sc3c(c12)CCCC3)Nc1ccc2c(c1)OCO2. The Morgan fingerprint density at radius 3 is 3.04 bits per heavy atom. The molecule has 0 fully saturated rings. The number of aryl methyl sites for hydroxylation is 2. The maximum atomic E-state index is 12.3. The van der Waals surface area contributed by atoms with Gasteiger partial charge in [0.25, 0.3) is 5.91 Å². The highest BCUT2D eigenvalue weighted by molar-refractivity contribution is 7.18. The molecule has 0 atom stereocenters. The number of aromatic nitrogens is 2. The molecule has 8 heteroatoms. The zero-order valence-electron chi connectivity index (χ0n) is 14.5. The third-order valence-corrected chi connectivity index (χ3v) is 5.91. The number of ether oxygens (including phenoxy) is 3. The first-order chi connectivity index (χ1) is 13.3. The van der Waals surface area contributed by atoms with E-state index in [-0.39, 0.29) is 19.3 Å². The van der Waals surface area contributed by atoms with E-state index in [1.54, 1.807) is 29.5 Å². The molecule has 1 amide bonds. The van der Waals surface area contributed by atoms with Crippen molar-refractivity contribution in [1.29, 1.82) is 0 Å². The molecule has 1 aliphatic carbocycles. The third kappa shape index (κ3) is 3.06. The summed E-state index contributed by atoms with van der Waals surface area (Å²) >= 11 is 1.70. The minimum atomic E-state index is -0.260. The molecule has 138 valence electrons. The molecule has 3 aromatic rings. The van der Waals surface area contributed by atoms with E-state index in [9.17, 15) is 4.79 Å². The molecule has 0 radical (unpaired) electrons. The van der Waals surface area contributed by atoms with Crippen LogP contribution < -0.4 is 19.5 Å². The maximum Gasteiger partial charge on any atom is 0.262 e. The summed E-state index contributed by atoms with van der Waals surface area (Å²) in [5, 5.41) is 3.77. The van der Waals surface area contributed by atoms with Gasteiger partial charge in [-0.2, -0.15) is 0 Å². The number of carbonyl (C=O) groups is 1. The van der Waals surface area contributed by atoms with E-state index in [4.69, 9.17) is 14.2 Å². The summed E-state index contributed by atoms with van der Waals surface area (Å²) in [6.45, 7) is 0.0791. The third-order valence-electron chi connectivity index (χ3n) is 4.71. The topological polar surface area (TPSA) is 82.6 Å². The van der Waals surface area contributed by atoms with E-state index in [1.807, 2.05) is 0 Å². The number of nitrogens with one attached hydrogen (secondary N) is 1. The molecule has 0 saturated heterocycles. The fraction of sp³-hybridized carbons (Fsp3) is 0.316. The van der Waals surface area contributed by atoms with Crippen molar-refractivity contribution in [2.45, 2.75) is 25.7 Å². The van der Waals surface area contributed by atoms with Crippen molar-refractivity contribution in [3.05, 3.63) is 35.0 Å². The van der Waals surface area contributed by atoms with Crippen molar-refractivity contribution in [2.24, 2.45) is 0 Å². The Labute approximate surface area is 159 Å². The average molecular weight is 383 g/mol. The van der Waals surface area contributed by atoms with E-state index in [0.29, 0.717) is 23.1 Å². The molecule has 7 nitrogen and oxygen atoms in total. The molecule has 27 heavy (non-hydrogen) atoms. The number of nitrogens with zero attached hydrogens (tertiary/aromatic N) is 2. The van der Waals surface area contributed by atoms with Crippen LogP contribution in [-0.4, -0.2) is 29.3 Å². The van der Waals surface area contributed by atoms with Crippen LogP contribution in [0.25, 0.3) is 10.2 Å². The minimum Gasteiger partial charge on any atom is -0.467 e. The van der Waals surface area contributed by atoms with Gasteiger partial charge in [-0.05, 0) is 43.4 Å². The monoisotopic (exact) mass is 383 g/mol. The summed E-state index contributed by atoms with van der Waals surface area (Å²) in [7, 11) is 0. The summed E-state index contributed by atoms with van der Waals surface area (Å²) < 4.78 is 16.3. The molecule has 3 heterocycles. The van der Waals surface area contributed by atoms with Gasteiger partial charge in [0.05, 0.1) is 5.39 Å². The fourth-order valence-electron chi connectivity index (χ4n) is 3.48. The summed E-state index contributed by atoms with van der Waals surface area (Å²) in [6.07, 6.45) is 5.97. The molecule has 0 bridgehead atoms. The van der Waals surface area contributed by atoms with Gasteiger partial charge in [-0.25, -0.2) is 9.97 Å². The summed E-state index contributed by atoms with van der Waals surface area (Å²) in [6, 6.07) is 5.27.